The molecule has 29 heavy (non-hydrogen) atoms. The minimum Gasteiger partial charge on any atom is -0.350 e. The molecule has 1 aliphatic heterocycles. The number of nitrogens with one attached hydrogen (secondary N) is 1. The predicted octanol–water partition coefficient (Wildman–Crippen LogP) is 4.40. The summed E-state index contributed by atoms with van der Waals surface area (Å²) < 4.78 is 25.8. The Bertz CT molecular complexity index is 977. The van der Waals surface area contributed by atoms with E-state index in [2.05, 4.69) is 5.32 Å². The highest BCUT2D eigenvalue weighted by molar-refractivity contribution is 7.89. The number of amides is 1. The van der Waals surface area contributed by atoms with Crippen molar-refractivity contribution in [2.75, 3.05) is 18.8 Å². The SMILES string of the molecule is CCCS(=O)(=O)N1CCC(NC(=O)/C=C/c2ccc(-c3cccc(Cl)c3)s2)CC1. The lowest BCUT2D eigenvalue weighted by atomic mass is 10.1. The van der Waals surface area contributed by atoms with E-state index >= 15 is 0 Å². The summed E-state index contributed by atoms with van der Waals surface area (Å²) in [5.74, 6) is 0.0302. The molecule has 3 rings (SSSR count). The van der Waals surface area contributed by atoms with Gasteiger partial charge in [0.1, 0.15) is 0 Å². The van der Waals surface area contributed by atoms with Gasteiger partial charge in [-0.15, -0.1) is 11.3 Å². The molecule has 8 heteroatoms. The van der Waals surface area contributed by atoms with Gasteiger partial charge in [-0.05, 0) is 55.2 Å². The van der Waals surface area contributed by atoms with Crippen LogP contribution in [0.1, 0.15) is 31.1 Å². The summed E-state index contributed by atoms with van der Waals surface area (Å²) >= 11 is 7.64. The van der Waals surface area contributed by atoms with Crippen molar-refractivity contribution in [1.29, 1.82) is 0 Å². The van der Waals surface area contributed by atoms with Crippen LogP contribution in [-0.2, 0) is 14.8 Å². The van der Waals surface area contributed by atoms with Gasteiger partial charge in [-0.3, -0.25) is 4.79 Å². The topological polar surface area (TPSA) is 66.5 Å². The number of thiophene rings is 1. The highest BCUT2D eigenvalue weighted by Crippen LogP contribution is 2.30. The van der Waals surface area contributed by atoms with Gasteiger partial charge in [0.15, 0.2) is 0 Å². The molecule has 1 amide bonds. The summed E-state index contributed by atoms with van der Waals surface area (Å²) in [6.07, 6.45) is 5.23. The van der Waals surface area contributed by atoms with Gasteiger partial charge in [0.2, 0.25) is 15.9 Å². The predicted molar refractivity (Wildman–Crippen MR) is 121 cm³/mol. The average Bonchev–Trinajstić information content (AvgIpc) is 3.16. The van der Waals surface area contributed by atoms with E-state index in [0.29, 0.717) is 37.4 Å². The van der Waals surface area contributed by atoms with E-state index in [9.17, 15) is 13.2 Å². The van der Waals surface area contributed by atoms with Gasteiger partial charge >= 0.3 is 0 Å². The fourth-order valence-electron chi connectivity index (χ4n) is 3.31. The number of carbonyl (C=O) groups is 1. The van der Waals surface area contributed by atoms with Gasteiger partial charge in [0.25, 0.3) is 0 Å². The van der Waals surface area contributed by atoms with E-state index in [1.165, 1.54) is 10.4 Å². The highest BCUT2D eigenvalue weighted by Gasteiger charge is 2.27. The van der Waals surface area contributed by atoms with E-state index in [1.54, 1.807) is 17.4 Å². The smallest absolute Gasteiger partial charge is 0.244 e. The molecule has 5 nitrogen and oxygen atoms in total. The second kappa shape index (κ2) is 9.89. The second-order valence-corrected chi connectivity index (χ2v) is 10.7. The molecule has 1 saturated heterocycles. The summed E-state index contributed by atoms with van der Waals surface area (Å²) in [6, 6.07) is 11.7. The minimum atomic E-state index is -3.16. The van der Waals surface area contributed by atoms with Crippen LogP contribution in [0.25, 0.3) is 16.5 Å². The molecule has 1 aromatic carbocycles. The minimum absolute atomic E-state index is 0.00517. The van der Waals surface area contributed by atoms with E-state index in [1.807, 2.05) is 43.3 Å². The van der Waals surface area contributed by atoms with Crippen molar-refractivity contribution in [2.45, 2.75) is 32.2 Å². The van der Waals surface area contributed by atoms with Crippen molar-refractivity contribution >= 4 is 44.9 Å². The first-order valence-corrected chi connectivity index (χ1v) is 12.5. The molecule has 0 bridgehead atoms. The van der Waals surface area contributed by atoms with Crippen LogP contribution in [0.5, 0.6) is 0 Å². The molecule has 0 radical (unpaired) electrons. The third-order valence-corrected chi connectivity index (χ3v) is 8.20. The Kier molecular flexibility index (Phi) is 7.51. The first kappa shape index (κ1) is 22.0. The maximum Gasteiger partial charge on any atom is 0.244 e. The fourth-order valence-corrected chi connectivity index (χ4v) is 5.95. The molecular weight excluding hydrogens is 428 g/mol. The van der Waals surface area contributed by atoms with Crippen LogP contribution in [0.15, 0.2) is 42.5 Å². The highest BCUT2D eigenvalue weighted by atomic mass is 35.5. The van der Waals surface area contributed by atoms with Gasteiger partial charge in [-0.2, -0.15) is 0 Å². The van der Waals surface area contributed by atoms with E-state index in [0.717, 1.165) is 15.3 Å². The van der Waals surface area contributed by atoms with Crippen molar-refractivity contribution < 1.29 is 13.2 Å². The van der Waals surface area contributed by atoms with Gasteiger partial charge in [0, 0.05) is 40.0 Å². The van der Waals surface area contributed by atoms with Crippen LogP contribution in [0.4, 0.5) is 0 Å². The Labute approximate surface area is 181 Å². The lowest BCUT2D eigenvalue weighted by Gasteiger charge is -2.31. The van der Waals surface area contributed by atoms with Crippen molar-refractivity contribution in [2.24, 2.45) is 0 Å². The first-order chi connectivity index (χ1) is 13.9. The molecular formula is C21H25ClN2O3S2. The number of hydrogen-bond donors (Lipinski definition) is 1. The average molecular weight is 453 g/mol. The number of halogens is 1. The number of sulfonamides is 1. The van der Waals surface area contributed by atoms with Crippen LogP contribution >= 0.6 is 22.9 Å². The van der Waals surface area contributed by atoms with E-state index < -0.39 is 10.0 Å². The maximum absolute atomic E-state index is 12.2. The van der Waals surface area contributed by atoms with Gasteiger partial charge in [0.05, 0.1) is 5.75 Å². The lowest BCUT2D eigenvalue weighted by Crippen LogP contribution is -2.46. The normalized spacial score (nSPS) is 16.3. The van der Waals surface area contributed by atoms with E-state index in [4.69, 9.17) is 11.6 Å². The molecule has 1 fully saturated rings. The zero-order chi connectivity index (χ0) is 20.9. The van der Waals surface area contributed by atoms with Gasteiger partial charge in [-0.1, -0.05) is 30.7 Å². The molecule has 2 aromatic rings. The summed E-state index contributed by atoms with van der Waals surface area (Å²) in [5.41, 5.74) is 1.05. The molecule has 0 atom stereocenters. The van der Waals surface area contributed by atoms with Gasteiger partial charge in [-0.25, -0.2) is 12.7 Å². The molecule has 0 aliphatic carbocycles. The summed E-state index contributed by atoms with van der Waals surface area (Å²) in [7, 11) is -3.16. The summed E-state index contributed by atoms with van der Waals surface area (Å²) in [6.45, 7) is 2.79. The zero-order valence-corrected chi connectivity index (χ0v) is 18.7. The first-order valence-electron chi connectivity index (χ1n) is 9.69. The number of benzene rings is 1. The Morgan fingerprint density at radius 1 is 1.28 bits per heavy atom. The molecule has 0 spiro atoms. The van der Waals surface area contributed by atoms with Crippen LogP contribution in [-0.4, -0.2) is 43.5 Å². The van der Waals surface area contributed by atoms with Crippen LogP contribution in [0.3, 0.4) is 0 Å². The quantitative estimate of drug-likeness (QED) is 0.633. The lowest BCUT2D eigenvalue weighted by molar-refractivity contribution is -0.117. The molecule has 0 unspecified atom stereocenters. The monoisotopic (exact) mass is 452 g/mol. The Balaban J connectivity index is 1.51. The van der Waals surface area contributed by atoms with Crippen molar-refractivity contribution in [3.63, 3.8) is 0 Å². The third kappa shape index (κ3) is 6.15. The Morgan fingerprint density at radius 3 is 2.72 bits per heavy atom. The zero-order valence-electron chi connectivity index (χ0n) is 16.3. The number of piperidine rings is 1. The third-order valence-electron chi connectivity index (χ3n) is 4.79. The number of carbonyl (C=O) groups excluding carboxylic acids is 1. The van der Waals surface area contributed by atoms with Crippen molar-refractivity contribution in [3.8, 4) is 10.4 Å². The fraction of sp³-hybridized carbons (Fsp3) is 0.381. The molecule has 2 heterocycles. The van der Waals surface area contributed by atoms with Crippen molar-refractivity contribution in [3.05, 3.63) is 52.4 Å². The number of nitrogens with zero attached hydrogens (tertiary/aromatic N) is 1. The largest absolute Gasteiger partial charge is 0.350 e. The summed E-state index contributed by atoms with van der Waals surface area (Å²) in [5, 5.41) is 3.67. The molecule has 156 valence electrons. The van der Waals surface area contributed by atoms with Crippen LogP contribution in [0.2, 0.25) is 5.02 Å². The number of rotatable bonds is 7. The van der Waals surface area contributed by atoms with E-state index in [-0.39, 0.29) is 17.7 Å². The molecule has 1 N–H and O–H groups in total. The summed E-state index contributed by atoms with van der Waals surface area (Å²) in [4.78, 5) is 14.3. The number of hydrogen-bond acceptors (Lipinski definition) is 4. The van der Waals surface area contributed by atoms with Gasteiger partial charge < -0.3 is 5.32 Å². The standard InChI is InChI=1S/C21H25ClN2O3S2/c1-2-14-29(26,27)24-12-10-18(11-13-24)23-21(25)9-7-19-6-8-20(28-19)16-4-3-5-17(22)15-16/h3-9,15,18H,2,10-14H2,1H3,(H,23,25)/b9-7+. The Hall–Kier alpha value is -1.67. The Morgan fingerprint density at radius 2 is 2.03 bits per heavy atom. The molecule has 1 aliphatic rings. The van der Waals surface area contributed by atoms with Crippen LogP contribution in [0, 0.1) is 0 Å². The van der Waals surface area contributed by atoms with Crippen LogP contribution < -0.4 is 5.32 Å². The van der Waals surface area contributed by atoms with Crippen molar-refractivity contribution in [1.82, 2.24) is 9.62 Å². The molecule has 1 aromatic heterocycles. The second-order valence-electron chi connectivity index (χ2n) is 7.04. The molecule has 0 saturated carbocycles. The maximum atomic E-state index is 12.2.